The Morgan fingerprint density at radius 1 is 0.481 bits per heavy atom. The molecule has 260 valence electrons. The fourth-order valence-corrected chi connectivity index (χ4v) is 3.89. The second kappa shape index (κ2) is 25.4. The average Bonchev–Trinajstić information content (AvgIpc) is 3.98. The Labute approximate surface area is 349 Å². The van der Waals surface area contributed by atoms with Crippen molar-refractivity contribution in [1.82, 2.24) is 60.3 Å². The van der Waals surface area contributed by atoms with Gasteiger partial charge >= 0.3 is 78.8 Å². The minimum Gasteiger partial charge on any atom is -0.432 e. The van der Waals surface area contributed by atoms with E-state index in [0.717, 1.165) is 0 Å². The van der Waals surface area contributed by atoms with Crippen LogP contribution in [0.3, 0.4) is 0 Å². The van der Waals surface area contributed by atoms with Crippen LogP contribution >= 0.6 is 9.42 Å². The molecule has 52 heavy (non-hydrogen) atoms. The summed E-state index contributed by atoms with van der Waals surface area (Å²) in [6.07, 6.45) is 12.3. The maximum atomic E-state index is 11.8. The van der Waals surface area contributed by atoms with Crippen LogP contribution in [-0.4, -0.2) is 40.1 Å². The zero-order valence-corrected chi connectivity index (χ0v) is 34.4. The third-order valence-electron chi connectivity index (χ3n) is 5.91. The quantitative estimate of drug-likeness (QED) is 0.225. The van der Waals surface area contributed by atoms with Crippen LogP contribution in [0, 0.1) is 0 Å². The molecule has 8 aromatic heterocycles. The Bertz CT molecular complexity index is 1870. The Morgan fingerprint density at radius 2 is 0.769 bits per heavy atom. The van der Waals surface area contributed by atoms with Crippen LogP contribution in [0.5, 0.6) is 0 Å². The van der Waals surface area contributed by atoms with Gasteiger partial charge in [-0.05, 0) is 72.8 Å². The van der Waals surface area contributed by atoms with Crippen LogP contribution in [0.1, 0.15) is 0 Å². The van der Waals surface area contributed by atoms with Gasteiger partial charge in [-0.3, -0.25) is 39.7 Å². The van der Waals surface area contributed by atoms with E-state index in [2.05, 4.69) is 69.7 Å². The van der Waals surface area contributed by atoms with Gasteiger partial charge < -0.3 is 30.1 Å². The van der Waals surface area contributed by atoms with Gasteiger partial charge in [0.25, 0.3) is 0 Å². The Morgan fingerprint density at radius 3 is 0.942 bits per heavy atom. The number of aromatic nitrogens is 12. The molecule has 0 unspecified atom stereocenters. The van der Waals surface area contributed by atoms with Crippen LogP contribution in [0.4, 0.5) is 0 Å². The first-order valence-electron chi connectivity index (χ1n) is 14.3. The van der Waals surface area contributed by atoms with E-state index < -0.39 is 0 Å². The molecule has 0 N–H and O–H groups in total. The van der Waals surface area contributed by atoms with Crippen molar-refractivity contribution in [2.24, 2.45) is 0 Å². The minimum atomic E-state index is -0.101. The summed E-state index contributed by atoms with van der Waals surface area (Å²) < 4.78 is 0. The second-order valence-corrected chi connectivity index (χ2v) is 9.23. The number of nitrogens with zero attached hydrogens (tertiary/aromatic N) is 12. The molecule has 8 rings (SSSR count). The molecule has 18 heteroatoms. The molecule has 8 heterocycles. The van der Waals surface area contributed by atoms with Crippen molar-refractivity contribution in [2.45, 2.75) is 0 Å². The molecular formula is C34H24ClN12NaO2Pt2. The Kier molecular flexibility index (Phi) is 21.3. The first-order chi connectivity index (χ1) is 24.7. The topological polar surface area (TPSA) is 194 Å². The van der Waals surface area contributed by atoms with Gasteiger partial charge in [0.15, 0.2) is 10.9 Å². The van der Waals surface area contributed by atoms with Crippen molar-refractivity contribution < 1.29 is 69.4 Å². The first-order valence-corrected chi connectivity index (χ1v) is 17.1. The molecule has 0 bridgehead atoms. The van der Waals surface area contributed by atoms with Crippen LogP contribution in [-0.2, 0) is 39.8 Å². The maximum Gasteiger partial charge on any atom is 2.00 e. The zero-order chi connectivity index (χ0) is 35.2. The van der Waals surface area contributed by atoms with Gasteiger partial charge in [-0.25, -0.2) is 0 Å². The molecule has 0 aromatic carbocycles. The molecule has 0 amide bonds. The molecule has 0 saturated carbocycles. The molecule has 0 saturated heterocycles. The van der Waals surface area contributed by atoms with E-state index in [1.165, 1.54) is 49.6 Å². The number of hydrogen-bond donors (Lipinski definition) is 0. The van der Waals surface area contributed by atoms with Crippen molar-refractivity contribution >= 4 is 9.42 Å². The number of rotatable bonds is 4. The molecule has 8 aromatic rings. The Hall–Kier alpha value is -4.55. The van der Waals surface area contributed by atoms with Gasteiger partial charge in [-0.15, -0.1) is 22.8 Å². The average molecular weight is 1080 g/mol. The van der Waals surface area contributed by atoms with Crippen LogP contribution in [0.15, 0.2) is 157 Å². The Balaban J connectivity index is 0.000000266. The zero-order valence-electron chi connectivity index (χ0n) is 27.0. The van der Waals surface area contributed by atoms with E-state index in [-0.39, 0.29) is 61.5 Å². The second-order valence-electron chi connectivity index (χ2n) is 9.23. The van der Waals surface area contributed by atoms with Gasteiger partial charge in [0.1, 0.15) is 0 Å². The molecule has 0 atom stereocenters. The summed E-state index contributed by atoms with van der Waals surface area (Å²) in [6, 6.07) is 28.0. The summed E-state index contributed by atoms with van der Waals surface area (Å²) in [6.45, 7) is 0. The predicted molar refractivity (Wildman–Crippen MR) is 182 cm³/mol. The molecular weight excluding hydrogens is 1060 g/mol. The van der Waals surface area contributed by atoms with Crippen LogP contribution in [0.25, 0.3) is 45.6 Å². The molecule has 0 aliphatic carbocycles. The van der Waals surface area contributed by atoms with E-state index in [9.17, 15) is 9.59 Å². The molecule has 14 nitrogen and oxygen atoms in total. The molecule has 0 spiro atoms. The smallest absolute Gasteiger partial charge is 0.432 e. The van der Waals surface area contributed by atoms with Gasteiger partial charge in [0.05, 0.1) is 0 Å². The van der Waals surface area contributed by atoms with Crippen molar-refractivity contribution in [1.29, 1.82) is 0 Å². The van der Waals surface area contributed by atoms with Gasteiger partial charge in [-0.2, -0.15) is 0 Å². The normalized spacial score (nSPS) is 9.21. The monoisotopic (exact) mass is 1080 g/mol. The van der Waals surface area contributed by atoms with Crippen molar-refractivity contribution in [2.75, 3.05) is 0 Å². The fraction of sp³-hybridized carbons (Fsp3) is 0. The van der Waals surface area contributed by atoms with Gasteiger partial charge in [0.2, 0.25) is 0 Å². The molecule has 0 fully saturated rings. The van der Waals surface area contributed by atoms with Crippen molar-refractivity contribution in [3.63, 3.8) is 0 Å². The number of hydrogen-bond acceptors (Lipinski definition) is 10. The summed E-state index contributed by atoms with van der Waals surface area (Å²) >= 11 is 1.61. The van der Waals surface area contributed by atoms with E-state index >= 15 is 0 Å². The summed E-state index contributed by atoms with van der Waals surface area (Å²) in [5, 5.41) is 13.4. The third kappa shape index (κ3) is 15.0. The molecule has 0 aliphatic rings. The van der Waals surface area contributed by atoms with Crippen LogP contribution < -0.4 is 60.6 Å². The van der Waals surface area contributed by atoms with E-state index in [4.69, 9.17) is 0 Å². The van der Waals surface area contributed by atoms with Crippen LogP contribution in [0.2, 0.25) is 0 Å². The first kappa shape index (κ1) is 43.6. The summed E-state index contributed by atoms with van der Waals surface area (Å²) in [7, 11) is 4.61. The number of halogens is 1. The SMILES string of the molecule is O=c1cc(-c2ccccn2)[n-]c(-c2ccccn2)c1.O=c1cc(-c2ccccn2)[n-]c(-c2ccccn2)c1.[Cl][Pt+].[Na+].[Pt+2].c1nc[n-]n1.c1nc[n-]n1. The third-order valence-corrected chi connectivity index (χ3v) is 5.91. The van der Waals surface area contributed by atoms with Gasteiger partial charge in [-0.1, -0.05) is 36.9 Å². The largest absolute Gasteiger partial charge is 2.00 e. The summed E-state index contributed by atoms with van der Waals surface area (Å²) in [4.78, 5) is 56.2. The van der Waals surface area contributed by atoms with E-state index in [0.29, 0.717) is 45.6 Å². The van der Waals surface area contributed by atoms with E-state index in [1.54, 1.807) is 43.6 Å². The van der Waals surface area contributed by atoms with Gasteiger partial charge in [0, 0.05) is 60.2 Å². The van der Waals surface area contributed by atoms with Crippen molar-refractivity contribution in [3.8, 4) is 45.6 Å². The predicted octanol–water partition coefficient (Wildman–Crippen LogP) is 0.812. The standard InChI is InChI=1S/2C15H11N3O.2C2H2N3.ClH.Na.2Pt/c2*19-11-9-14(12-5-1-3-7-16-12)18-15(10-11)13-6-2-4-8-17-13;2*1-3-2-5-4-1;;;;/h2*1-10H,(H,18,19);2*1-2H;1H;;;/q;;2*-1;;+1;2*+2/p-3. The van der Waals surface area contributed by atoms with E-state index in [1.807, 2.05) is 72.8 Å². The molecule has 0 radical (unpaired) electrons. The maximum absolute atomic E-state index is 11.8. The summed E-state index contributed by atoms with van der Waals surface area (Å²) in [5.41, 5.74) is 4.77. The summed E-state index contributed by atoms with van der Waals surface area (Å²) in [5.74, 6) is 0. The van der Waals surface area contributed by atoms with Crippen molar-refractivity contribution in [3.05, 3.63) is 168 Å². The fourth-order valence-electron chi connectivity index (χ4n) is 3.89. The number of pyridine rings is 6. The minimum absolute atomic E-state index is 0. The molecule has 0 aliphatic heterocycles.